The van der Waals surface area contributed by atoms with Crippen molar-refractivity contribution in [3.05, 3.63) is 35.4 Å². The number of halogens is 3. The minimum atomic E-state index is -4.22. The predicted molar refractivity (Wildman–Crippen MR) is 47.5 cm³/mol. The van der Waals surface area contributed by atoms with Gasteiger partial charge < -0.3 is 0 Å². The minimum Gasteiger partial charge on any atom is -0.166 e. The van der Waals surface area contributed by atoms with E-state index in [9.17, 15) is 13.2 Å². The van der Waals surface area contributed by atoms with E-state index in [1.165, 1.54) is 6.07 Å². The van der Waals surface area contributed by atoms with E-state index in [1.807, 2.05) is 13.8 Å². The molecule has 0 aromatic heterocycles. The van der Waals surface area contributed by atoms with Crippen LogP contribution in [0.2, 0.25) is 0 Å². The molecule has 74 valence electrons. The van der Waals surface area contributed by atoms with Crippen molar-refractivity contribution in [2.24, 2.45) is 0 Å². The number of hydrogen-bond donors (Lipinski definition) is 0. The Morgan fingerprint density at radius 1 is 1.08 bits per heavy atom. The average Bonchev–Trinajstić information content (AvgIpc) is 2.06. The van der Waals surface area contributed by atoms with E-state index in [4.69, 9.17) is 0 Å². The van der Waals surface area contributed by atoms with E-state index in [-0.39, 0.29) is 0 Å². The van der Waals surface area contributed by atoms with Crippen LogP contribution < -0.4 is 0 Å². The molecule has 0 aliphatic rings. The smallest absolute Gasteiger partial charge is 0.166 e. The lowest BCUT2D eigenvalue weighted by molar-refractivity contribution is -0.137. The van der Waals surface area contributed by atoms with E-state index in [1.54, 1.807) is 13.0 Å². The average molecular weight is 190 g/mol. The Morgan fingerprint density at radius 2 is 1.62 bits per heavy atom. The molecule has 1 aromatic carbocycles. The summed E-state index contributed by atoms with van der Waals surface area (Å²) in [5.41, 5.74) is 0.0392. The topological polar surface area (TPSA) is 0 Å². The zero-order valence-corrected chi connectivity index (χ0v) is 7.94. The first-order valence-corrected chi connectivity index (χ1v) is 4.14. The molecule has 0 saturated heterocycles. The first-order valence-electron chi connectivity index (χ1n) is 4.14. The minimum absolute atomic E-state index is 0.586. The van der Waals surface area contributed by atoms with Crippen LogP contribution in [0.15, 0.2) is 24.3 Å². The molecule has 1 aromatic rings. The summed E-state index contributed by atoms with van der Waals surface area (Å²) in [7, 11) is 0. The standard InChI is InChI=1S/C8H7F3.C2H6/c1-6-3-2-4-7(5-6)8(9,10)11;1-2/h2-5H,1H3;1-2H3. The van der Waals surface area contributed by atoms with Crippen molar-refractivity contribution in [2.75, 3.05) is 0 Å². The molecule has 0 heterocycles. The molecule has 0 amide bonds. The second kappa shape index (κ2) is 4.90. The fraction of sp³-hybridized carbons (Fsp3) is 0.400. The molecule has 13 heavy (non-hydrogen) atoms. The zero-order chi connectivity index (χ0) is 10.5. The molecule has 0 atom stereocenters. The Bertz CT molecular complexity index is 251. The van der Waals surface area contributed by atoms with Crippen LogP contribution >= 0.6 is 0 Å². The van der Waals surface area contributed by atoms with Crippen molar-refractivity contribution in [1.29, 1.82) is 0 Å². The van der Waals surface area contributed by atoms with Gasteiger partial charge in [-0.2, -0.15) is 13.2 Å². The molecule has 0 aliphatic carbocycles. The van der Waals surface area contributed by atoms with Crippen LogP contribution in [0.25, 0.3) is 0 Å². The first kappa shape index (κ1) is 12.0. The Hall–Kier alpha value is -0.990. The van der Waals surface area contributed by atoms with Crippen molar-refractivity contribution >= 4 is 0 Å². The predicted octanol–water partition coefficient (Wildman–Crippen LogP) is 4.04. The zero-order valence-electron chi connectivity index (χ0n) is 7.94. The van der Waals surface area contributed by atoms with Gasteiger partial charge in [0, 0.05) is 0 Å². The Morgan fingerprint density at radius 3 is 1.92 bits per heavy atom. The summed E-state index contributed by atoms with van der Waals surface area (Å²) < 4.78 is 35.9. The van der Waals surface area contributed by atoms with Crippen LogP contribution in [0.1, 0.15) is 25.0 Å². The number of aryl methyl sites for hydroxylation is 1. The van der Waals surface area contributed by atoms with Crippen LogP contribution in [0.4, 0.5) is 13.2 Å². The first-order chi connectivity index (χ1) is 6.00. The van der Waals surface area contributed by atoms with Crippen molar-refractivity contribution in [2.45, 2.75) is 26.9 Å². The van der Waals surface area contributed by atoms with Gasteiger partial charge in [0.15, 0.2) is 0 Å². The van der Waals surface area contributed by atoms with Crippen molar-refractivity contribution < 1.29 is 13.2 Å². The van der Waals surface area contributed by atoms with Crippen LogP contribution in [-0.4, -0.2) is 0 Å². The normalized spacial score (nSPS) is 10.3. The van der Waals surface area contributed by atoms with Gasteiger partial charge in [-0.05, 0) is 13.0 Å². The summed E-state index contributed by atoms with van der Waals surface area (Å²) in [5, 5.41) is 0. The van der Waals surface area contributed by atoms with E-state index in [0.29, 0.717) is 5.56 Å². The van der Waals surface area contributed by atoms with Crippen LogP contribution in [-0.2, 0) is 6.18 Å². The number of alkyl halides is 3. The van der Waals surface area contributed by atoms with E-state index in [2.05, 4.69) is 0 Å². The highest BCUT2D eigenvalue weighted by Crippen LogP contribution is 2.29. The molecule has 0 aliphatic heterocycles. The van der Waals surface area contributed by atoms with Gasteiger partial charge in [-0.15, -0.1) is 0 Å². The van der Waals surface area contributed by atoms with Gasteiger partial charge in [0.25, 0.3) is 0 Å². The summed E-state index contributed by atoms with van der Waals surface area (Å²) in [5.74, 6) is 0. The highest BCUT2D eigenvalue weighted by molar-refractivity contribution is 5.24. The summed E-state index contributed by atoms with van der Waals surface area (Å²) in [6.07, 6.45) is -4.22. The monoisotopic (exact) mass is 190 g/mol. The van der Waals surface area contributed by atoms with Crippen molar-refractivity contribution in [3.8, 4) is 0 Å². The lowest BCUT2D eigenvalue weighted by Gasteiger charge is -2.05. The molecule has 0 saturated carbocycles. The molecule has 0 radical (unpaired) electrons. The Labute approximate surface area is 76.4 Å². The van der Waals surface area contributed by atoms with Crippen LogP contribution in [0.5, 0.6) is 0 Å². The molecule has 0 nitrogen and oxygen atoms in total. The quantitative estimate of drug-likeness (QED) is 0.579. The SMILES string of the molecule is CC.Cc1cccc(C(F)(F)F)c1. The molecule has 0 unspecified atom stereocenters. The maximum absolute atomic E-state index is 12.0. The highest BCUT2D eigenvalue weighted by Gasteiger charge is 2.29. The lowest BCUT2D eigenvalue weighted by atomic mass is 10.1. The van der Waals surface area contributed by atoms with E-state index < -0.39 is 11.7 Å². The number of hydrogen-bond acceptors (Lipinski definition) is 0. The fourth-order valence-corrected chi connectivity index (χ4v) is 0.821. The second-order valence-electron chi connectivity index (χ2n) is 2.37. The third-order valence-electron chi connectivity index (χ3n) is 1.35. The number of benzene rings is 1. The van der Waals surface area contributed by atoms with Gasteiger partial charge in [-0.25, -0.2) is 0 Å². The van der Waals surface area contributed by atoms with Gasteiger partial charge in [-0.1, -0.05) is 37.6 Å². The van der Waals surface area contributed by atoms with Gasteiger partial charge in [-0.3, -0.25) is 0 Å². The Kier molecular flexibility index (Phi) is 4.52. The summed E-state index contributed by atoms with van der Waals surface area (Å²) in [4.78, 5) is 0. The molecular formula is C10H13F3. The highest BCUT2D eigenvalue weighted by atomic mass is 19.4. The largest absolute Gasteiger partial charge is 0.416 e. The fourth-order valence-electron chi connectivity index (χ4n) is 0.821. The molecule has 3 heteroatoms. The van der Waals surface area contributed by atoms with Gasteiger partial charge in [0.2, 0.25) is 0 Å². The molecule has 0 N–H and O–H groups in total. The van der Waals surface area contributed by atoms with Gasteiger partial charge in [0.1, 0.15) is 0 Å². The molecular weight excluding hydrogens is 177 g/mol. The van der Waals surface area contributed by atoms with E-state index in [0.717, 1.165) is 12.1 Å². The van der Waals surface area contributed by atoms with Crippen molar-refractivity contribution in [3.63, 3.8) is 0 Å². The van der Waals surface area contributed by atoms with Crippen LogP contribution in [0.3, 0.4) is 0 Å². The summed E-state index contributed by atoms with van der Waals surface area (Å²) >= 11 is 0. The summed E-state index contributed by atoms with van der Waals surface area (Å²) in [6, 6.07) is 5.22. The van der Waals surface area contributed by atoms with Gasteiger partial charge >= 0.3 is 6.18 Å². The lowest BCUT2D eigenvalue weighted by Crippen LogP contribution is -2.04. The third kappa shape index (κ3) is 3.97. The second-order valence-corrected chi connectivity index (χ2v) is 2.37. The molecule has 0 spiro atoms. The maximum atomic E-state index is 12.0. The maximum Gasteiger partial charge on any atom is 0.416 e. The number of rotatable bonds is 0. The molecule has 1 rings (SSSR count). The Balaban J connectivity index is 0.000000671. The third-order valence-corrected chi connectivity index (χ3v) is 1.35. The summed E-state index contributed by atoms with van der Waals surface area (Å²) in [6.45, 7) is 5.63. The van der Waals surface area contributed by atoms with Crippen molar-refractivity contribution in [1.82, 2.24) is 0 Å². The van der Waals surface area contributed by atoms with Crippen LogP contribution in [0, 0.1) is 6.92 Å². The van der Waals surface area contributed by atoms with E-state index >= 15 is 0 Å². The molecule has 0 bridgehead atoms. The van der Waals surface area contributed by atoms with Gasteiger partial charge in [0.05, 0.1) is 5.56 Å². The molecule has 0 fully saturated rings.